The molecule has 0 aliphatic heterocycles. The van der Waals surface area contributed by atoms with Crippen LogP contribution in [0.2, 0.25) is 0 Å². The van der Waals surface area contributed by atoms with Crippen molar-refractivity contribution in [3.05, 3.63) is 29.6 Å². The van der Waals surface area contributed by atoms with E-state index in [9.17, 15) is 0 Å². The Hall–Kier alpha value is -1.40. The molecule has 0 unspecified atom stereocenters. The van der Waals surface area contributed by atoms with Crippen molar-refractivity contribution in [1.82, 2.24) is 10.3 Å². The SMILES string of the molecule is CCC(C)(CC)NCc1cccnc1C#N. The maximum absolute atomic E-state index is 8.92. The molecule has 0 radical (unpaired) electrons. The number of rotatable bonds is 5. The summed E-state index contributed by atoms with van der Waals surface area (Å²) < 4.78 is 0. The topological polar surface area (TPSA) is 48.7 Å². The number of nitrogens with one attached hydrogen (secondary N) is 1. The molecule has 1 N–H and O–H groups in total. The van der Waals surface area contributed by atoms with Crippen LogP contribution < -0.4 is 5.32 Å². The van der Waals surface area contributed by atoms with E-state index in [-0.39, 0.29) is 5.54 Å². The van der Waals surface area contributed by atoms with E-state index in [1.807, 2.05) is 12.1 Å². The van der Waals surface area contributed by atoms with E-state index in [2.05, 4.69) is 37.1 Å². The van der Waals surface area contributed by atoms with Crippen LogP contribution >= 0.6 is 0 Å². The normalized spacial score (nSPS) is 11.1. The molecule has 0 aromatic carbocycles. The molecule has 0 saturated carbocycles. The predicted octanol–water partition coefficient (Wildman–Crippen LogP) is 2.62. The summed E-state index contributed by atoms with van der Waals surface area (Å²) in [6.45, 7) is 7.25. The van der Waals surface area contributed by atoms with E-state index >= 15 is 0 Å². The minimum atomic E-state index is 0.141. The number of pyridine rings is 1. The molecule has 0 atom stereocenters. The summed E-state index contributed by atoms with van der Waals surface area (Å²) in [5.41, 5.74) is 1.63. The van der Waals surface area contributed by atoms with Crippen LogP contribution in [0, 0.1) is 11.3 Å². The largest absolute Gasteiger partial charge is 0.307 e. The Labute approximate surface area is 97.5 Å². The van der Waals surface area contributed by atoms with Crippen LogP contribution in [0.4, 0.5) is 0 Å². The zero-order valence-electron chi connectivity index (χ0n) is 10.2. The first-order chi connectivity index (χ1) is 7.65. The Balaban J connectivity index is 2.72. The van der Waals surface area contributed by atoms with Crippen LogP contribution in [-0.2, 0) is 6.54 Å². The van der Waals surface area contributed by atoms with Crippen LogP contribution in [0.1, 0.15) is 44.9 Å². The van der Waals surface area contributed by atoms with Crippen molar-refractivity contribution >= 4 is 0 Å². The van der Waals surface area contributed by atoms with Crippen molar-refractivity contribution in [1.29, 1.82) is 5.26 Å². The smallest absolute Gasteiger partial charge is 0.144 e. The first-order valence-corrected chi connectivity index (χ1v) is 5.74. The van der Waals surface area contributed by atoms with E-state index in [0.29, 0.717) is 12.2 Å². The van der Waals surface area contributed by atoms with Crippen molar-refractivity contribution in [2.24, 2.45) is 0 Å². The second-order valence-electron chi connectivity index (χ2n) is 4.24. The van der Waals surface area contributed by atoms with Gasteiger partial charge in [-0.2, -0.15) is 5.26 Å². The summed E-state index contributed by atoms with van der Waals surface area (Å²) in [7, 11) is 0. The van der Waals surface area contributed by atoms with Crippen LogP contribution in [0.25, 0.3) is 0 Å². The molecule has 0 saturated heterocycles. The van der Waals surface area contributed by atoms with Gasteiger partial charge in [-0.05, 0) is 25.8 Å². The van der Waals surface area contributed by atoms with Gasteiger partial charge in [0, 0.05) is 23.8 Å². The van der Waals surface area contributed by atoms with Gasteiger partial charge in [0.2, 0.25) is 0 Å². The minimum absolute atomic E-state index is 0.141. The van der Waals surface area contributed by atoms with Crippen molar-refractivity contribution in [2.45, 2.75) is 45.7 Å². The Morgan fingerprint density at radius 2 is 2.12 bits per heavy atom. The van der Waals surface area contributed by atoms with Gasteiger partial charge in [0.05, 0.1) is 0 Å². The Kier molecular flexibility index (Phi) is 4.45. The average Bonchev–Trinajstić information content (AvgIpc) is 2.36. The third-order valence-electron chi connectivity index (χ3n) is 3.26. The molecule has 0 aliphatic carbocycles. The summed E-state index contributed by atoms with van der Waals surface area (Å²) >= 11 is 0. The lowest BCUT2D eigenvalue weighted by Crippen LogP contribution is -2.40. The molecular weight excluding hydrogens is 198 g/mol. The molecule has 0 spiro atoms. The summed E-state index contributed by atoms with van der Waals surface area (Å²) in [6.07, 6.45) is 3.80. The predicted molar refractivity (Wildman–Crippen MR) is 64.8 cm³/mol. The second kappa shape index (κ2) is 5.62. The molecular formula is C13H19N3. The third-order valence-corrected chi connectivity index (χ3v) is 3.26. The molecule has 0 amide bonds. The van der Waals surface area contributed by atoms with Gasteiger partial charge >= 0.3 is 0 Å². The number of hydrogen-bond acceptors (Lipinski definition) is 3. The highest BCUT2D eigenvalue weighted by atomic mass is 15.0. The zero-order valence-corrected chi connectivity index (χ0v) is 10.2. The van der Waals surface area contributed by atoms with Crippen molar-refractivity contribution in [3.63, 3.8) is 0 Å². The molecule has 3 nitrogen and oxygen atoms in total. The van der Waals surface area contributed by atoms with Gasteiger partial charge in [-0.15, -0.1) is 0 Å². The van der Waals surface area contributed by atoms with Crippen molar-refractivity contribution < 1.29 is 0 Å². The fourth-order valence-electron chi connectivity index (χ4n) is 1.49. The molecule has 1 heterocycles. The fourth-order valence-corrected chi connectivity index (χ4v) is 1.49. The molecule has 1 rings (SSSR count). The van der Waals surface area contributed by atoms with Crippen LogP contribution in [0.15, 0.2) is 18.3 Å². The van der Waals surface area contributed by atoms with Gasteiger partial charge in [0.25, 0.3) is 0 Å². The number of aromatic nitrogens is 1. The Morgan fingerprint density at radius 1 is 1.44 bits per heavy atom. The van der Waals surface area contributed by atoms with Gasteiger partial charge in [0.1, 0.15) is 11.8 Å². The molecule has 3 heteroatoms. The van der Waals surface area contributed by atoms with Gasteiger partial charge < -0.3 is 5.32 Å². The molecule has 0 fully saturated rings. The lowest BCUT2D eigenvalue weighted by Gasteiger charge is -2.28. The quantitative estimate of drug-likeness (QED) is 0.824. The van der Waals surface area contributed by atoms with E-state index < -0.39 is 0 Å². The maximum Gasteiger partial charge on any atom is 0.144 e. The second-order valence-corrected chi connectivity index (χ2v) is 4.24. The number of nitrogens with zero attached hydrogens (tertiary/aromatic N) is 2. The monoisotopic (exact) mass is 217 g/mol. The lowest BCUT2D eigenvalue weighted by atomic mass is 9.95. The van der Waals surface area contributed by atoms with E-state index in [1.54, 1.807) is 6.20 Å². The Morgan fingerprint density at radius 3 is 2.69 bits per heavy atom. The number of nitriles is 1. The van der Waals surface area contributed by atoms with Crippen LogP contribution in [-0.4, -0.2) is 10.5 Å². The van der Waals surface area contributed by atoms with Gasteiger partial charge in [-0.25, -0.2) is 4.98 Å². The Bertz CT molecular complexity index is 375. The summed E-state index contributed by atoms with van der Waals surface area (Å²) in [6, 6.07) is 5.93. The fraction of sp³-hybridized carbons (Fsp3) is 0.538. The minimum Gasteiger partial charge on any atom is -0.307 e. The first-order valence-electron chi connectivity index (χ1n) is 5.74. The highest BCUT2D eigenvalue weighted by molar-refractivity contribution is 5.30. The van der Waals surface area contributed by atoms with Crippen molar-refractivity contribution in [3.8, 4) is 6.07 Å². The molecule has 86 valence electrons. The van der Waals surface area contributed by atoms with Crippen LogP contribution in [0.3, 0.4) is 0 Å². The van der Waals surface area contributed by atoms with Crippen LogP contribution in [0.5, 0.6) is 0 Å². The first kappa shape index (κ1) is 12.7. The molecule has 0 bridgehead atoms. The summed E-state index contributed by atoms with van der Waals surface area (Å²) in [5, 5.41) is 12.4. The molecule has 1 aromatic heterocycles. The third kappa shape index (κ3) is 3.04. The van der Waals surface area contributed by atoms with E-state index in [4.69, 9.17) is 5.26 Å². The highest BCUT2D eigenvalue weighted by Gasteiger charge is 2.18. The van der Waals surface area contributed by atoms with Gasteiger partial charge in [0.15, 0.2) is 0 Å². The van der Waals surface area contributed by atoms with Crippen molar-refractivity contribution in [2.75, 3.05) is 0 Å². The van der Waals surface area contributed by atoms with Gasteiger partial charge in [-0.1, -0.05) is 19.9 Å². The average molecular weight is 217 g/mol. The standard InChI is InChI=1S/C13H19N3/c1-4-13(3,5-2)16-10-11-7-6-8-15-12(11)9-14/h6-8,16H,4-5,10H2,1-3H3. The zero-order chi connectivity index (χ0) is 12.0. The molecule has 16 heavy (non-hydrogen) atoms. The number of hydrogen-bond donors (Lipinski definition) is 1. The van der Waals surface area contributed by atoms with E-state index in [1.165, 1.54) is 0 Å². The van der Waals surface area contributed by atoms with E-state index in [0.717, 1.165) is 18.4 Å². The summed E-state index contributed by atoms with van der Waals surface area (Å²) in [5.74, 6) is 0. The van der Waals surface area contributed by atoms with Gasteiger partial charge in [-0.3, -0.25) is 0 Å². The highest BCUT2D eigenvalue weighted by Crippen LogP contribution is 2.15. The lowest BCUT2D eigenvalue weighted by molar-refractivity contribution is 0.329. The molecule has 0 aliphatic rings. The summed E-state index contributed by atoms with van der Waals surface area (Å²) in [4.78, 5) is 4.05. The maximum atomic E-state index is 8.92. The molecule has 1 aromatic rings.